The number of hydrogen-bond donors (Lipinski definition) is 0. The topological polar surface area (TPSA) is 26.3 Å². The fraction of sp³-hybridized carbons (Fsp3) is 0.632. The van der Waals surface area contributed by atoms with Gasteiger partial charge in [0.25, 0.3) is 0 Å². The summed E-state index contributed by atoms with van der Waals surface area (Å²) in [7, 11) is 0. The van der Waals surface area contributed by atoms with Gasteiger partial charge in [-0.25, -0.2) is 0 Å². The number of benzene rings is 1. The van der Waals surface area contributed by atoms with Gasteiger partial charge in [0.15, 0.2) is 5.78 Å². The van der Waals surface area contributed by atoms with Crippen molar-refractivity contribution in [1.29, 1.82) is 0 Å². The standard InChI is InChI=1S/C19H26O2/c1-13(2)9-15-5-4-8-19(11-15)12-17(20)16-10-14(3)6-7-18(16)21-19/h6-7,10,13,15H,4-5,8-9,11-12H2,1-3H3. The molecule has 21 heavy (non-hydrogen) atoms. The second kappa shape index (κ2) is 5.47. The van der Waals surface area contributed by atoms with Crippen LogP contribution in [0.4, 0.5) is 0 Å². The van der Waals surface area contributed by atoms with Gasteiger partial charge in [0.2, 0.25) is 0 Å². The molecule has 1 aliphatic heterocycles. The third-order valence-electron chi connectivity index (χ3n) is 4.95. The van der Waals surface area contributed by atoms with Gasteiger partial charge in [-0.2, -0.15) is 0 Å². The summed E-state index contributed by atoms with van der Waals surface area (Å²) in [5, 5.41) is 0. The van der Waals surface area contributed by atoms with Gasteiger partial charge in [-0.05, 0) is 56.6 Å². The van der Waals surface area contributed by atoms with Crippen molar-refractivity contribution in [2.75, 3.05) is 0 Å². The molecule has 1 aromatic carbocycles. The van der Waals surface area contributed by atoms with Gasteiger partial charge < -0.3 is 4.74 Å². The smallest absolute Gasteiger partial charge is 0.170 e. The molecule has 0 saturated heterocycles. The predicted molar refractivity (Wildman–Crippen MR) is 84.9 cm³/mol. The Balaban J connectivity index is 1.83. The number of carbonyl (C=O) groups is 1. The number of Topliss-reactive ketones (excluding diaryl/α,β-unsaturated/α-hetero) is 1. The van der Waals surface area contributed by atoms with Gasteiger partial charge >= 0.3 is 0 Å². The Hall–Kier alpha value is -1.31. The Morgan fingerprint density at radius 1 is 1.38 bits per heavy atom. The molecule has 2 nitrogen and oxygen atoms in total. The summed E-state index contributed by atoms with van der Waals surface area (Å²) >= 11 is 0. The number of ketones is 1. The van der Waals surface area contributed by atoms with Crippen molar-refractivity contribution in [3.63, 3.8) is 0 Å². The van der Waals surface area contributed by atoms with Crippen molar-refractivity contribution in [3.8, 4) is 5.75 Å². The van der Waals surface area contributed by atoms with Crippen LogP contribution in [0.3, 0.4) is 0 Å². The molecule has 1 aliphatic carbocycles. The summed E-state index contributed by atoms with van der Waals surface area (Å²) in [4.78, 5) is 12.6. The average Bonchev–Trinajstić information content (AvgIpc) is 2.39. The lowest BCUT2D eigenvalue weighted by molar-refractivity contribution is -0.00686. The monoisotopic (exact) mass is 286 g/mol. The molecular weight excluding hydrogens is 260 g/mol. The van der Waals surface area contributed by atoms with E-state index in [0.29, 0.717) is 12.3 Å². The molecule has 2 unspecified atom stereocenters. The fourth-order valence-corrected chi connectivity index (χ4v) is 4.17. The molecule has 2 atom stereocenters. The van der Waals surface area contributed by atoms with Crippen molar-refractivity contribution in [2.24, 2.45) is 11.8 Å². The van der Waals surface area contributed by atoms with Gasteiger partial charge in [-0.3, -0.25) is 4.79 Å². The van der Waals surface area contributed by atoms with E-state index in [2.05, 4.69) is 13.8 Å². The minimum atomic E-state index is -0.225. The van der Waals surface area contributed by atoms with Crippen molar-refractivity contribution in [1.82, 2.24) is 0 Å². The largest absolute Gasteiger partial charge is 0.486 e. The van der Waals surface area contributed by atoms with Crippen LogP contribution in [-0.2, 0) is 0 Å². The van der Waals surface area contributed by atoms with E-state index in [1.807, 2.05) is 25.1 Å². The first-order valence-electron chi connectivity index (χ1n) is 8.30. The van der Waals surface area contributed by atoms with Crippen molar-refractivity contribution >= 4 is 5.78 Å². The molecule has 114 valence electrons. The summed E-state index contributed by atoms with van der Waals surface area (Å²) in [5.41, 5.74) is 1.69. The van der Waals surface area contributed by atoms with Gasteiger partial charge in [0.05, 0.1) is 12.0 Å². The molecule has 1 fully saturated rings. The molecule has 1 aromatic rings. The van der Waals surface area contributed by atoms with E-state index in [-0.39, 0.29) is 11.4 Å². The van der Waals surface area contributed by atoms with Gasteiger partial charge in [-0.15, -0.1) is 0 Å². The summed E-state index contributed by atoms with van der Waals surface area (Å²) < 4.78 is 6.38. The van der Waals surface area contributed by atoms with Gasteiger partial charge in [0.1, 0.15) is 11.4 Å². The van der Waals surface area contributed by atoms with Gasteiger partial charge in [0, 0.05) is 0 Å². The van der Waals surface area contributed by atoms with Crippen molar-refractivity contribution < 1.29 is 9.53 Å². The maximum absolute atomic E-state index is 12.6. The number of rotatable bonds is 2. The second-order valence-electron chi connectivity index (χ2n) is 7.48. The van der Waals surface area contributed by atoms with E-state index in [9.17, 15) is 4.79 Å². The van der Waals surface area contributed by atoms with Crippen LogP contribution in [0.1, 0.15) is 68.3 Å². The number of ether oxygens (including phenoxy) is 1. The van der Waals surface area contributed by atoms with E-state index in [1.165, 1.54) is 19.3 Å². The summed E-state index contributed by atoms with van der Waals surface area (Å²) in [5.74, 6) is 2.50. The maximum atomic E-state index is 12.6. The normalized spacial score (nSPS) is 28.6. The van der Waals surface area contributed by atoms with Crippen LogP contribution >= 0.6 is 0 Å². The molecule has 3 rings (SSSR count). The van der Waals surface area contributed by atoms with E-state index >= 15 is 0 Å². The number of aryl methyl sites for hydroxylation is 1. The van der Waals surface area contributed by atoms with Crippen LogP contribution in [0.25, 0.3) is 0 Å². The maximum Gasteiger partial charge on any atom is 0.170 e. The second-order valence-corrected chi connectivity index (χ2v) is 7.48. The van der Waals surface area contributed by atoms with E-state index < -0.39 is 0 Å². The van der Waals surface area contributed by atoms with Crippen molar-refractivity contribution in [3.05, 3.63) is 29.3 Å². The van der Waals surface area contributed by atoms with Crippen molar-refractivity contribution in [2.45, 2.75) is 64.9 Å². The molecule has 2 heteroatoms. The summed E-state index contributed by atoms with van der Waals surface area (Å²) in [6, 6.07) is 5.99. The minimum Gasteiger partial charge on any atom is -0.486 e. The number of fused-ring (bicyclic) bond motifs is 1. The molecule has 1 spiro atoms. The van der Waals surface area contributed by atoms with Crippen LogP contribution in [0.2, 0.25) is 0 Å². The highest BCUT2D eigenvalue weighted by molar-refractivity contribution is 6.00. The van der Waals surface area contributed by atoms with E-state index in [0.717, 1.165) is 35.6 Å². The highest BCUT2D eigenvalue weighted by Crippen LogP contribution is 2.45. The Bertz CT molecular complexity index is 546. The SMILES string of the molecule is Cc1ccc2c(c1)C(=O)CC1(CCCC(CC(C)C)C1)O2. The third-order valence-corrected chi connectivity index (χ3v) is 4.95. The molecule has 1 saturated carbocycles. The summed E-state index contributed by atoms with van der Waals surface area (Å²) in [6.07, 6.45) is 6.37. The molecule has 2 aliphatic rings. The molecular formula is C19H26O2. The van der Waals surface area contributed by atoms with Crippen LogP contribution in [0.5, 0.6) is 5.75 Å². The zero-order valence-corrected chi connectivity index (χ0v) is 13.4. The Labute approximate surface area is 127 Å². The molecule has 0 aromatic heterocycles. The number of hydrogen-bond acceptors (Lipinski definition) is 2. The first kappa shape index (κ1) is 14.6. The molecule has 0 N–H and O–H groups in total. The quantitative estimate of drug-likeness (QED) is 0.770. The van der Waals surface area contributed by atoms with Crippen LogP contribution < -0.4 is 4.74 Å². The first-order chi connectivity index (χ1) is 9.97. The zero-order valence-electron chi connectivity index (χ0n) is 13.4. The summed E-state index contributed by atoms with van der Waals surface area (Å²) in [6.45, 7) is 6.59. The van der Waals surface area contributed by atoms with E-state index in [4.69, 9.17) is 4.74 Å². The minimum absolute atomic E-state index is 0.225. The van der Waals surface area contributed by atoms with Crippen LogP contribution in [0.15, 0.2) is 18.2 Å². The number of carbonyl (C=O) groups excluding carboxylic acids is 1. The Morgan fingerprint density at radius 3 is 2.95 bits per heavy atom. The zero-order chi connectivity index (χ0) is 15.0. The lowest BCUT2D eigenvalue weighted by atomic mass is 9.71. The molecule has 1 heterocycles. The van der Waals surface area contributed by atoms with Gasteiger partial charge in [-0.1, -0.05) is 31.9 Å². The molecule has 0 amide bonds. The lowest BCUT2D eigenvalue weighted by Crippen LogP contribution is -2.46. The predicted octanol–water partition coefficient (Wildman–Crippen LogP) is 4.94. The fourth-order valence-electron chi connectivity index (χ4n) is 4.17. The Morgan fingerprint density at radius 2 is 2.19 bits per heavy atom. The third kappa shape index (κ3) is 3.00. The van der Waals surface area contributed by atoms with Crippen LogP contribution in [-0.4, -0.2) is 11.4 Å². The lowest BCUT2D eigenvalue weighted by Gasteiger charge is -2.44. The first-order valence-corrected chi connectivity index (χ1v) is 8.30. The molecule has 0 bridgehead atoms. The van der Waals surface area contributed by atoms with Crippen LogP contribution in [0, 0.1) is 18.8 Å². The highest BCUT2D eigenvalue weighted by Gasteiger charge is 2.43. The van der Waals surface area contributed by atoms with E-state index in [1.54, 1.807) is 0 Å². The Kier molecular flexibility index (Phi) is 3.81. The average molecular weight is 286 g/mol. The highest BCUT2D eigenvalue weighted by atomic mass is 16.5. The molecule has 0 radical (unpaired) electrons.